The lowest BCUT2D eigenvalue weighted by molar-refractivity contribution is 0.0742. The summed E-state index contributed by atoms with van der Waals surface area (Å²) in [5.41, 5.74) is 3.88. The molecule has 6 heteroatoms. The van der Waals surface area contributed by atoms with Gasteiger partial charge in [-0.1, -0.05) is 0 Å². The molecule has 1 fully saturated rings. The number of aryl methyl sites for hydroxylation is 2. The second-order valence-corrected chi connectivity index (χ2v) is 6.99. The van der Waals surface area contributed by atoms with Gasteiger partial charge in [-0.3, -0.25) is 4.90 Å². The second kappa shape index (κ2) is 7.64. The maximum atomic E-state index is 13.9. The molecule has 1 atom stereocenters. The van der Waals surface area contributed by atoms with E-state index in [1.165, 1.54) is 6.07 Å². The van der Waals surface area contributed by atoms with Crippen LogP contribution in [-0.4, -0.2) is 64.0 Å². The molecular formula is C19H27FN4O. The second-order valence-electron chi connectivity index (χ2n) is 6.99. The highest BCUT2D eigenvalue weighted by Gasteiger charge is 2.24. The average molecular weight is 346 g/mol. The molecule has 1 N–H and O–H groups in total. The summed E-state index contributed by atoms with van der Waals surface area (Å²) >= 11 is 0. The van der Waals surface area contributed by atoms with Gasteiger partial charge in [-0.25, -0.2) is 9.07 Å². The molecule has 25 heavy (non-hydrogen) atoms. The fourth-order valence-corrected chi connectivity index (χ4v) is 3.62. The molecule has 1 aliphatic rings. The molecular weight excluding hydrogens is 319 g/mol. The summed E-state index contributed by atoms with van der Waals surface area (Å²) in [5, 5.41) is 13.8. The standard InChI is InChI=1S/C19H27FN4O/c1-14-10-15(2)24(21-14)19-5-4-17(20)11-16(19)12-23-8-7-22(3)18(13-23)6-9-25/h4-5,10-11,18,25H,6-9,12-13H2,1-3H3. The minimum Gasteiger partial charge on any atom is -0.396 e. The molecule has 0 aliphatic carbocycles. The quantitative estimate of drug-likeness (QED) is 0.901. The van der Waals surface area contributed by atoms with Crippen LogP contribution in [0.1, 0.15) is 23.4 Å². The van der Waals surface area contributed by atoms with Crippen LogP contribution in [0.25, 0.3) is 5.69 Å². The van der Waals surface area contributed by atoms with Crippen molar-refractivity contribution in [2.75, 3.05) is 33.3 Å². The zero-order valence-electron chi connectivity index (χ0n) is 15.2. The van der Waals surface area contributed by atoms with E-state index in [0.717, 1.165) is 48.7 Å². The first-order valence-corrected chi connectivity index (χ1v) is 8.83. The number of hydrogen-bond donors (Lipinski definition) is 1. The number of aliphatic hydroxyl groups is 1. The normalized spacial score (nSPS) is 19.5. The Labute approximate surface area is 148 Å². The van der Waals surface area contributed by atoms with Gasteiger partial charge in [-0.2, -0.15) is 5.10 Å². The van der Waals surface area contributed by atoms with Crippen molar-refractivity contribution in [3.8, 4) is 5.69 Å². The summed E-state index contributed by atoms with van der Waals surface area (Å²) in [6.07, 6.45) is 0.764. The van der Waals surface area contributed by atoms with Crippen molar-refractivity contribution in [3.05, 3.63) is 47.0 Å². The molecule has 1 saturated heterocycles. The molecule has 1 unspecified atom stereocenters. The smallest absolute Gasteiger partial charge is 0.123 e. The van der Waals surface area contributed by atoms with Crippen molar-refractivity contribution in [1.82, 2.24) is 19.6 Å². The van der Waals surface area contributed by atoms with E-state index in [1.807, 2.05) is 30.7 Å². The third-order valence-corrected chi connectivity index (χ3v) is 5.00. The summed E-state index contributed by atoms with van der Waals surface area (Å²) < 4.78 is 15.8. The van der Waals surface area contributed by atoms with Crippen molar-refractivity contribution >= 4 is 0 Å². The van der Waals surface area contributed by atoms with Crippen molar-refractivity contribution in [3.63, 3.8) is 0 Å². The molecule has 1 aromatic heterocycles. The SMILES string of the molecule is Cc1cc(C)n(-c2ccc(F)cc2CN2CCN(C)C(CCO)C2)n1. The fourth-order valence-electron chi connectivity index (χ4n) is 3.62. The van der Waals surface area contributed by atoms with Crippen LogP contribution in [0.5, 0.6) is 0 Å². The lowest BCUT2D eigenvalue weighted by Gasteiger charge is -2.39. The average Bonchev–Trinajstić information content (AvgIpc) is 2.89. The molecule has 3 rings (SSSR count). The molecule has 2 heterocycles. The molecule has 0 spiro atoms. The lowest BCUT2D eigenvalue weighted by Crippen LogP contribution is -2.51. The van der Waals surface area contributed by atoms with Gasteiger partial charge in [0.25, 0.3) is 0 Å². The summed E-state index contributed by atoms with van der Waals surface area (Å²) in [7, 11) is 2.10. The van der Waals surface area contributed by atoms with Gasteiger partial charge < -0.3 is 10.0 Å². The Morgan fingerprint density at radius 1 is 1.24 bits per heavy atom. The minimum atomic E-state index is -0.221. The minimum absolute atomic E-state index is 0.194. The van der Waals surface area contributed by atoms with Crippen LogP contribution in [-0.2, 0) is 6.54 Å². The van der Waals surface area contributed by atoms with Gasteiger partial charge in [0.15, 0.2) is 0 Å². The summed E-state index contributed by atoms with van der Waals surface area (Å²) in [6.45, 7) is 7.62. The Kier molecular flexibility index (Phi) is 5.51. The van der Waals surface area contributed by atoms with Crippen molar-refractivity contribution < 1.29 is 9.50 Å². The Balaban J connectivity index is 1.85. The van der Waals surface area contributed by atoms with E-state index in [4.69, 9.17) is 0 Å². The number of halogens is 1. The number of benzene rings is 1. The molecule has 2 aromatic rings. The Morgan fingerprint density at radius 2 is 2.04 bits per heavy atom. The zero-order valence-corrected chi connectivity index (χ0v) is 15.2. The van der Waals surface area contributed by atoms with E-state index >= 15 is 0 Å². The van der Waals surface area contributed by atoms with Crippen LogP contribution in [0, 0.1) is 19.7 Å². The summed E-state index contributed by atoms with van der Waals surface area (Å²) in [4.78, 5) is 4.63. The topological polar surface area (TPSA) is 44.5 Å². The summed E-state index contributed by atoms with van der Waals surface area (Å²) in [6, 6.07) is 7.29. The number of aliphatic hydroxyl groups excluding tert-OH is 1. The van der Waals surface area contributed by atoms with Gasteiger partial charge in [-0.15, -0.1) is 0 Å². The molecule has 136 valence electrons. The van der Waals surface area contributed by atoms with E-state index in [-0.39, 0.29) is 12.4 Å². The van der Waals surface area contributed by atoms with Crippen LogP contribution in [0.2, 0.25) is 0 Å². The molecule has 5 nitrogen and oxygen atoms in total. The first-order chi connectivity index (χ1) is 12.0. The number of piperazine rings is 1. The largest absolute Gasteiger partial charge is 0.396 e. The molecule has 0 radical (unpaired) electrons. The first kappa shape index (κ1) is 18.0. The van der Waals surface area contributed by atoms with Gasteiger partial charge in [-0.05, 0) is 57.1 Å². The monoisotopic (exact) mass is 346 g/mol. The maximum Gasteiger partial charge on any atom is 0.123 e. The maximum absolute atomic E-state index is 13.9. The van der Waals surface area contributed by atoms with Crippen molar-refractivity contribution in [1.29, 1.82) is 0 Å². The van der Waals surface area contributed by atoms with Crippen LogP contribution in [0.15, 0.2) is 24.3 Å². The van der Waals surface area contributed by atoms with Gasteiger partial charge >= 0.3 is 0 Å². The van der Waals surface area contributed by atoms with E-state index in [1.54, 1.807) is 6.07 Å². The number of aromatic nitrogens is 2. The van der Waals surface area contributed by atoms with Gasteiger partial charge in [0, 0.05) is 44.5 Å². The van der Waals surface area contributed by atoms with Crippen LogP contribution < -0.4 is 0 Å². The van der Waals surface area contributed by atoms with E-state index in [2.05, 4.69) is 21.9 Å². The zero-order chi connectivity index (χ0) is 18.0. The van der Waals surface area contributed by atoms with Crippen molar-refractivity contribution in [2.24, 2.45) is 0 Å². The highest BCUT2D eigenvalue weighted by molar-refractivity contribution is 5.42. The number of nitrogens with zero attached hydrogens (tertiary/aromatic N) is 4. The third kappa shape index (κ3) is 4.08. The van der Waals surface area contributed by atoms with Crippen molar-refractivity contribution in [2.45, 2.75) is 32.9 Å². The van der Waals surface area contributed by atoms with Gasteiger partial charge in [0.2, 0.25) is 0 Å². The van der Waals surface area contributed by atoms with E-state index in [0.29, 0.717) is 12.6 Å². The van der Waals surface area contributed by atoms with E-state index in [9.17, 15) is 9.50 Å². The fraction of sp³-hybridized carbons (Fsp3) is 0.526. The molecule has 0 saturated carbocycles. The molecule has 1 aromatic carbocycles. The molecule has 1 aliphatic heterocycles. The molecule has 0 bridgehead atoms. The number of rotatable bonds is 5. The van der Waals surface area contributed by atoms with E-state index < -0.39 is 0 Å². The van der Waals surface area contributed by atoms with Crippen LogP contribution in [0.3, 0.4) is 0 Å². The van der Waals surface area contributed by atoms with Gasteiger partial charge in [0.05, 0.1) is 11.4 Å². The Morgan fingerprint density at radius 3 is 2.72 bits per heavy atom. The van der Waals surface area contributed by atoms with Gasteiger partial charge in [0.1, 0.15) is 5.82 Å². The highest BCUT2D eigenvalue weighted by atomic mass is 19.1. The van der Waals surface area contributed by atoms with Crippen LogP contribution in [0.4, 0.5) is 4.39 Å². The third-order valence-electron chi connectivity index (χ3n) is 5.00. The lowest BCUT2D eigenvalue weighted by atomic mass is 10.1. The first-order valence-electron chi connectivity index (χ1n) is 8.83. The predicted molar refractivity (Wildman–Crippen MR) is 96.4 cm³/mol. The number of hydrogen-bond acceptors (Lipinski definition) is 4. The predicted octanol–water partition coefficient (Wildman–Crippen LogP) is 2.13. The summed E-state index contributed by atoms with van der Waals surface area (Å²) in [5.74, 6) is -0.221. The molecule has 0 amide bonds. The number of likely N-dealkylation sites (N-methyl/N-ethyl adjacent to an activating group) is 1. The van der Waals surface area contributed by atoms with Crippen LogP contribution >= 0.6 is 0 Å². The highest BCUT2D eigenvalue weighted by Crippen LogP contribution is 2.22. The Bertz CT molecular complexity index is 730. The Hall–Kier alpha value is -1.76.